The van der Waals surface area contributed by atoms with E-state index < -0.39 is 5.54 Å². The first-order valence-electron chi connectivity index (χ1n) is 8.83. The van der Waals surface area contributed by atoms with Crippen molar-refractivity contribution in [3.63, 3.8) is 0 Å². The molecule has 0 atom stereocenters. The largest absolute Gasteiger partial charge is 0.342 e. The Morgan fingerprint density at radius 2 is 1.52 bits per heavy atom. The summed E-state index contributed by atoms with van der Waals surface area (Å²) in [5, 5.41) is 3.10. The highest BCUT2D eigenvalue weighted by molar-refractivity contribution is 5.93. The summed E-state index contributed by atoms with van der Waals surface area (Å²) in [6.07, 6.45) is 12.7. The second-order valence-corrected chi connectivity index (χ2v) is 7.08. The third-order valence-corrected chi connectivity index (χ3v) is 5.60. The second-order valence-electron chi connectivity index (χ2n) is 7.08. The minimum absolute atomic E-state index is 0.0707. The number of hydrogen-bond acceptors (Lipinski definition) is 2. The Bertz CT molecular complexity index is 394. The summed E-state index contributed by atoms with van der Waals surface area (Å²) < 4.78 is 0. The van der Waals surface area contributed by atoms with Gasteiger partial charge < -0.3 is 10.2 Å². The zero-order chi connectivity index (χ0) is 14.7. The predicted octanol–water partition coefficient (Wildman–Crippen LogP) is 2.76. The van der Waals surface area contributed by atoms with Crippen LogP contribution in [0.25, 0.3) is 0 Å². The van der Waals surface area contributed by atoms with Crippen molar-refractivity contribution in [3.8, 4) is 0 Å². The highest BCUT2D eigenvalue weighted by atomic mass is 16.2. The Morgan fingerprint density at radius 1 is 0.905 bits per heavy atom. The summed E-state index contributed by atoms with van der Waals surface area (Å²) in [5.74, 6) is 0.293. The van der Waals surface area contributed by atoms with E-state index in [1.165, 1.54) is 32.1 Å². The van der Waals surface area contributed by atoms with E-state index in [9.17, 15) is 9.59 Å². The molecule has 118 valence electrons. The van der Waals surface area contributed by atoms with Crippen molar-refractivity contribution in [2.45, 2.75) is 88.6 Å². The average molecular weight is 292 g/mol. The van der Waals surface area contributed by atoms with Gasteiger partial charge in [0.25, 0.3) is 0 Å². The molecule has 1 heterocycles. The van der Waals surface area contributed by atoms with Crippen LogP contribution in [0.3, 0.4) is 0 Å². The SMILES string of the molecule is O=C1CCN(C2CCCCCC2)C(=O)C2(CCCCC2)N1. The first kappa shape index (κ1) is 14.9. The molecule has 4 nitrogen and oxygen atoms in total. The Morgan fingerprint density at radius 3 is 2.19 bits per heavy atom. The Kier molecular flexibility index (Phi) is 4.51. The lowest BCUT2D eigenvalue weighted by molar-refractivity contribution is -0.142. The van der Waals surface area contributed by atoms with Crippen LogP contribution < -0.4 is 5.32 Å². The molecule has 0 radical (unpaired) electrons. The van der Waals surface area contributed by atoms with Gasteiger partial charge in [0.1, 0.15) is 5.54 Å². The molecular weight excluding hydrogens is 264 g/mol. The van der Waals surface area contributed by atoms with Crippen LogP contribution >= 0.6 is 0 Å². The molecule has 2 amide bonds. The monoisotopic (exact) mass is 292 g/mol. The Hall–Kier alpha value is -1.06. The van der Waals surface area contributed by atoms with Gasteiger partial charge in [-0.1, -0.05) is 44.9 Å². The van der Waals surface area contributed by atoms with E-state index >= 15 is 0 Å². The van der Waals surface area contributed by atoms with Gasteiger partial charge in [0, 0.05) is 19.0 Å². The van der Waals surface area contributed by atoms with Crippen molar-refractivity contribution < 1.29 is 9.59 Å². The van der Waals surface area contributed by atoms with Crippen molar-refractivity contribution >= 4 is 11.8 Å². The van der Waals surface area contributed by atoms with Crippen molar-refractivity contribution in [1.29, 1.82) is 0 Å². The standard InChI is InChI=1S/C17H28N2O2/c20-15-10-13-19(14-8-4-1-2-5-9-14)16(21)17(18-15)11-6-3-7-12-17/h14H,1-13H2,(H,18,20). The summed E-state index contributed by atoms with van der Waals surface area (Å²) in [6, 6.07) is 0.367. The number of amides is 2. The van der Waals surface area contributed by atoms with Crippen LogP contribution in [0.2, 0.25) is 0 Å². The lowest BCUT2D eigenvalue weighted by Crippen LogP contribution is -2.59. The Labute approximate surface area is 127 Å². The molecule has 0 aromatic carbocycles. The van der Waals surface area contributed by atoms with Crippen molar-refractivity contribution in [2.75, 3.05) is 6.54 Å². The molecule has 4 heteroatoms. The third kappa shape index (κ3) is 3.09. The first-order chi connectivity index (χ1) is 10.2. The fourth-order valence-electron chi connectivity index (χ4n) is 4.39. The van der Waals surface area contributed by atoms with E-state index in [2.05, 4.69) is 10.2 Å². The zero-order valence-electron chi connectivity index (χ0n) is 13.0. The zero-order valence-corrected chi connectivity index (χ0v) is 13.0. The lowest BCUT2D eigenvalue weighted by atomic mass is 9.80. The van der Waals surface area contributed by atoms with Crippen molar-refractivity contribution in [1.82, 2.24) is 10.2 Å². The molecule has 2 aliphatic carbocycles. The highest BCUT2D eigenvalue weighted by Crippen LogP contribution is 2.34. The number of carbonyl (C=O) groups is 2. The fraction of sp³-hybridized carbons (Fsp3) is 0.882. The number of carbonyl (C=O) groups excluding carboxylic acids is 2. The summed E-state index contributed by atoms with van der Waals surface area (Å²) in [6.45, 7) is 0.622. The van der Waals surface area contributed by atoms with Crippen molar-refractivity contribution in [3.05, 3.63) is 0 Å². The molecule has 1 aliphatic heterocycles. The van der Waals surface area contributed by atoms with E-state index in [4.69, 9.17) is 0 Å². The molecule has 0 unspecified atom stereocenters. The quantitative estimate of drug-likeness (QED) is 0.756. The van der Waals surface area contributed by atoms with Gasteiger partial charge in [-0.25, -0.2) is 0 Å². The molecule has 0 bridgehead atoms. The molecule has 1 saturated heterocycles. The van der Waals surface area contributed by atoms with Crippen LogP contribution in [0.5, 0.6) is 0 Å². The number of nitrogens with zero attached hydrogens (tertiary/aromatic N) is 1. The predicted molar refractivity (Wildman–Crippen MR) is 81.8 cm³/mol. The molecule has 3 fully saturated rings. The minimum atomic E-state index is -0.571. The molecule has 0 aromatic heterocycles. The van der Waals surface area contributed by atoms with E-state index in [0.717, 1.165) is 38.5 Å². The molecule has 21 heavy (non-hydrogen) atoms. The molecule has 3 aliphatic rings. The van der Waals surface area contributed by atoms with E-state index in [1.54, 1.807) is 0 Å². The molecular formula is C17H28N2O2. The van der Waals surface area contributed by atoms with E-state index in [0.29, 0.717) is 19.0 Å². The summed E-state index contributed by atoms with van der Waals surface area (Å²) in [4.78, 5) is 27.4. The summed E-state index contributed by atoms with van der Waals surface area (Å²) in [7, 11) is 0. The van der Waals surface area contributed by atoms with Gasteiger partial charge in [-0.3, -0.25) is 9.59 Å². The van der Waals surface area contributed by atoms with E-state index in [-0.39, 0.29) is 11.8 Å². The molecule has 1 N–H and O–H groups in total. The van der Waals surface area contributed by atoms with Gasteiger partial charge >= 0.3 is 0 Å². The molecule has 2 saturated carbocycles. The highest BCUT2D eigenvalue weighted by Gasteiger charge is 2.46. The molecule has 3 rings (SSSR count). The van der Waals surface area contributed by atoms with Gasteiger partial charge in [-0.2, -0.15) is 0 Å². The fourth-order valence-corrected chi connectivity index (χ4v) is 4.39. The smallest absolute Gasteiger partial charge is 0.248 e. The lowest BCUT2D eigenvalue weighted by Gasteiger charge is -2.40. The van der Waals surface area contributed by atoms with Gasteiger partial charge in [0.05, 0.1) is 0 Å². The second kappa shape index (κ2) is 6.37. The molecule has 0 aromatic rings. The maximum atomic E-state index is 13.2. The maximum Gasteiger partial charge on any atom is 0.248 e. The summed E-state index contributed by atoms with van der Waals surface area (Å²) in [5.41, 5.74) is -0.571. The maximum absolute atomic E-state index is 13.2. The third-order valence-electron chi connectivity index (χ3n) is 5.60. The van der Waals surface area contributed by atoms with Gasteiger partial charge in [-0.05, 0) is 25.7 Å². The van der Waals surface area contributed by atoms with Crippen LogP contribution in [-0.2, 0) is 9.59 Å². The van der Waals surface area contributed by atoms with Gasteiger partial charge in [-0.15, -0.1) is 0 Å². The number of hydrogen-bond donors (Lipinski definition) is 1. The Balaban J connectivity index is 1.82. The number of rotatable bonds is 1. The van der Waals surface area contributed by atoms with Crippen LogP contribution in [0, 0.1) is 0 Å². The van der Waals surface area contributed by atoms with E-state index in [1.807, 2.05) is 0 Å². The summed E-state index contributed by atoms with van der Waals surface area (Å²) >= 11 is 0. The van der Waals surface area contributed by atoms with Gasteiger partial charge in [0.15, 0.2) is 0 Å². The van der Waals surface area contributed by atoms with Crippen molar-refractivity contribution in [2.24, 2.45) is 0 Å². The van der Waals surface area contributed by atoms with Gasteiger partial charge in [0.2, 0.25) is 11.8 Å². The minimum Gasteiger partial charge on any atom is -0.342 e. The molecule has 1 spiro atoms. The van der Waals surface area contributed by atoms with Crippen LogP contribution in [0.4, 0.5) is 0 Å². The van der Waals surface area contributed by atoms with Crippen LogP contribution in [-0.4, -0.2) is 34.8 Å². The normalized spacial score (nSPS) is 28.1. The number of nitrogens with one attached hydrogen (secondary N) is 1. The van der Waals surface area contributed by atoms with Crippen LogP contribution in [0.15, 0.2) is 0 Å². The average Bonchev–Trinajstić information content (AvgIpc) is 2.81. The van der Waals surface area contributed by atoms with Crippen LogP contribution in [0.1, 0.15) is 77.0 Å². The first-order valence-corrected chi connectivity index (χ1v) is 8.83. The topological polar surface area (TPSA) is 49.4 Å².